The number of hydrogen-bond acceptors (Lipinski definition) is 5. The first kappa shape index (κ1) is 20.3. The van der Waals surface area contributed by atoms with Crippen molar-refractivity contribution in [3.63, 3.8) is 0 Å². The van der Waals surface area contributed by atoms with Gasteiger partial charge in [-0.25, -0.2) is 13.1 Å². The van der Waals surface area contributed by atoms with Crippen LogP contribution in [-0.4, -0.2) is 52.5 Å². The van der Waals surface area contributed by atoms with E-state index in [-0.39, 0.29) is 22.5 Å². The average Bonchev–Trinajstić information content (AvgIpc) is 2.71. The van der Waals surface area contributed by atoms with Gasteiger partial charge in [-0.05, 0) is 69.4 Å². The molecule has 0 atom stereocenters. The van der Waals surface area contributed by atoms with E-state index in [0.29, 0.717) is 5.69 Å². The third-order valence-electron chi connectivity index (χ3n) is 4.76. The van der Waals surface area contributed by atoms with Crippen molar-refractivity contribution in [3.05, 3.63) is 54.1 Å². The fourth-order valence-corrected chi connectivity index (χ4v) is 3.81. The van der Waals surface area contributed by atoms with Crippen LogP contribution in [0.15, 0.2) is 53.4 Å². The van der Waals surface area contributed by atoms with E-state index < -0.39 is 10.0 Å². The molecule has 1 heterocycles. The monoisotopic (exact) mass is 403 g/mol. The Balaban J connectivity index is 1.62. The molecule has 150 valence electrons. The van der Waals surface area contributed by atoms with Crippen LogP contribution in [0, 0.1) is 0 Å². The third kappa shape index (κ3) is 5.09. The Bertz CT molecular complexity index is 921. The number of likely N-dealkylation sites (tertiary alicyclic amines) is 1. The molecule has 1 aliphatic heterocycles. The predicted octanol–water partition coefficient (Wildman–Crippen LogP) is 2.32. The number of piperidine rings is 1. The number of ether oxygens (including phenoxy) is 1. The summed E-state index contributed by atoms with van der Waals surface area (Å²) < 4.78 is 32.0. The standard InChI is InChI=1S/C20H25N3O4S/c1-21-28(25,26)19-5-3-4-15(14-19)20(24)22-16-6-8-17(9-7-16)27-18-10-12-23(2)13-11-18/h3-9,14,18,21H,10-13H2,1-2H3,(H,22,24). The van der Waals surface area contributed by atoms with Crippen molar-refractivity contribution >= 4 is 21.6 Å². The largest absolute Gasteiger partial charge is 0.490 e. The maximum Gasteiger partial charge on any atom is 0.255 e. The van der Waals surface area contributed by atoms with Gasteiger partial charge in [-0.1, -0.05) is 6.07 Å². The number of rotatable bonds is 6. The van der Waals surface area contributed by atoms with Crippen molar-refractivity contribution in [1.29, 1.82) is 0 Å². The van der Waals surface area contributed by atoms with Crippen molar-refractivity contribution in [2.75, 3.05) is 32.5 Å². The predicted molar refractivity (Wildman–Crippen MR) is 108 cm³/mol. The Hall–Kier alpha value is -2.42. The first-order chi connectivity index (χ1) is 13.4. The van der Waals surface area contributed by atoms with Crippen LogP contribution in [0.1, 0.15) is 23.2 Å². The van der Waals surface area contributed by atoms with Gasteiger partial charge in [0.25, 0.3) is 5.91 Å². The second-order valence-corrected chi connectivity index (χ2v) is 8.72. The highest BCUT2D eigenvalue weighted by molar-refractivity contribution is 7.89. The molecule has 1 amide bonds. The number of amides is 1. The first-order valence-corrected chi connectivity index (χ1v) is 10.7. The zero-order valence-corrected chi connectivity index (χ0v) is 16.8. The summed E-state index contributed by atoms with van der Waals surface area (Å²) in [7, 11) is -0.161. The minimum atomic E-state index is -3.60. The summed E-state index contributed by atoms with van der Waals surface area (Å²) in [6, 6.07) is 13.1. The van der Waals surface area contributed by atoms with E-state index in [0.717, 1.165) is 31.7 Å². The van der Waals surface area contributed by atoms with Gasteiger partial charge in [-0.2, -0.15) is 0 Å². The molecule has 7 nitrogen and oxygen atoms in total. The number of nitrogens with one attached hydrogen (secondary N) is 2. The molecule has 0 radical (unpaired) electrons. The second kappa shape index (κ2) is 8.72. The molecule has 1 saturated heterocycles. The lowest BCUT2D eigenvalue weighted by Gasteiger charge is -2.29. The molecule has 1 fully saturated rings. The van der Waals surface area contributed by atoms with Crippen molar-refractivity contribution in [3.8, 4) is 5.75 Å². The van der Waals surface area contributed by atoms with Gasteiger partial charge in [0.1, 0.15) is 11.9 Å². The quantitative estimate of drug-likeness (QED) is 0.773. The van der Waals surface area contributed by atoms with Crippen LogP contribution in [0.25, 0.3) is 0 Å². The Morgan fingerprint density at radius 2 is 1.79 bits per heavy atom. The normalized spacial score (nSPS) is 15.9. The summed E-state index contributed by atoms with van der Waals surface area (Å²) >= 11 is 0. The lowest BCUT2D eigenvalue weighted by Crippen LogP contribution is -2.35. The van der Waals surface area contributed by atoms with E-state index in [1.807, 2.05) is 12.1 Å². The summed E-state index contributed by atoms with van der Waals surface area (Å²) in [5.41, 5.74) is 0.880. The van der Waals surface area contributed by atoms with Gasteiger partial charge in [0.15, 0.2) is 0 Å². The summed E-state index contributed by atoms with van der Waals surface area (Å²) in [5, 5.41) is 2.78. The lowest BCUT2D eigenvalue weighted by molar-refractivity contribution is 0.102. The highest BCUT2D eigenvalue weighted by Gasteiger charge is 2.18. The molecule has 0 aliphatic carbocycles. The molecule has 2 aromatic rings. The highest BCUT2D eigenvalue weighted by atomic mass is 32.2. The number of sulfonamides is 1. The molecule has 1 aliphatic rings. The van der Waals surface area contributed by atoms with Crippen LogP contribution in [0.4, 0.5) is 5.69 Å². The molecule has 8 heteroatoms. The maximum absolute atomic E-state index is 12.5. The number of nitrogens with zero attached hydrogens (tertiary/aromatic N) is 1. The minimum Gasteiger partial charge on any atom is -0.490 e. The molecule has 0 saturated carbocycles. The maximum atomic E-state index is 12.5. The Morgan fingerprint density at radius 1 is 1.11 bits per heavy atom. The van der Waals surface area contributed by atoms with E-state index in [2.05, 4.69) is 22.0 Å². The Morgan fingerprint density at radius 3 is 2.43 bits per heavy atom. The van der Waals surface area contributed by atoms with Gasteiger partial charge in [0.05, 0.1) is 4.90 Å². The van der Waals surface area contributed by atoms with E-state index in [4.69, 9.17) is 4.74 Å². The van der Waals surface area contributed by atoms with Gasteiger partial charge < -0.3 is 15.0 Å². The fraction of sp³-hybridized carbons (Fsp3) is 0.350. The molecule has 2 aromatic carbocycles. The van der Waals surface area contributed by atoms with Crippen molar-refractivity contribution in [1.82, 2.24) is 9.62 Å². The third-order valence-corrected chi connectivity index (χ3v) is 6.17. The highest BCUT2D eigenvalue weighted by Crippen LogP contribution is 2.21. The molecule has 0 spiro atoms. The minimum absolute atomic E-state index is 0.0459. The zero-order chi connectivity index (χ0) is 20.1. The number of hydrogen-bond donors (Lipinski definition) is 2. The Kier molecular flexibility index (Phi) is 6.33. The van der Waals surface area contributed by atoms with E-state index in [9.17, 15) is 13.2 Å². The molecule has 3 rings (SSSR count). The van der Waals surface area contributed by atoms with Gasteiger partial charge in [-0.3, -0.25) is 4.79 Å². The number of carbonyl (C=O) groups is 1. The fourth-order valence-electron chi connectivity index (χ4n) is 3.04. The van der Waals surface area contributed by atoms with Crippen molar-refractivity contribution in [2.24, 2.45) is 0 Å². The average molecular weight is 404 g/mol. The summed E-state index contributed by atoms with van der Waals surface area (Å²) in [5.74, 6) is 0.395. The van der Waals surface area contributed by atoms with Crippen LogP contribution in [0.2, 0.25) is 0 Å². The van der Waals surface area contributed by atoms with Crippen LogP contribution in [-0.2, 0) is 10.0 Å². The second-order valence-electron chi connectivity index (χ2n) is 6.83. The van der Waals surface area contributed by atoms with Gasteiger partial charge >= 0.3 is 0 Å². The molecular formula is C20H25N3O4S. The zero-order valence-electron chi connectivity index (χ0n) is 16.0. The summed E-state index contributed by atoms with van der Waals surface area (Å²) in [4.78, 5) is 14.8. The van der Waals surface area contributed by atoms with Gasteiger partial charge in [-0.15, -0.1) is 0 Å². The number of benzene rings is 2. The van der Waals surface area contributed by atoms with Crippen LogP contribution in [0.5, 0.6) is 5.75 Å². The molecule has 0 bridgehead atoms. The number of carbonyl (C=O) groups excluding carboxylic acids is 1. The van der Waals surface area contributed by atoms with Crippen LogP contribution >= 0.6 is 0 Å². The summed E-state index contributed by atoms with van der Waals surface area (Å²) in [6.45, 7) is 2.06. The molecular weight excluding hydrogens is 378 g/mol. The van der Waals surface area contributed by atoms with E-state index in [1.165, 1.54) is 25.2 Å². The van der Waals surface area contributed by atoms with Crippen LogP contribution in [0.3, 0.4) is 0 Å². The van der Waals surface area contributed by atoms with Crippen molar-refractivity contribution < 1.29 is 17.9 Å². The van der Waals surface area contributed by atoms with E-state index >= 15 is 0 Å². The Labute approximate surface area is 165 Å². The SMILES string of the molecule is CNS(=O)(=O)c1cccc(C(=O)Nc2ccc(OC3CCN(C)CC3)cc2)c1. The van der Waals surface area contributed by atoms with Gasteiger partial charge in [0.2, 0.25) is 10.0 Å². The summed E-state index contributed by atoms with van der Waals surface area (Å²) in [6.07, 6.45) is 2.22. The molecule has 0 unspecified atom stereocenters. The first-order valence-electron chi connectivity index (χ1n) is 9.17. The topological polar surface area (TPSA) is 87.7 Å². The lowest BCUT2D eigenvalue weighted by atomic mass is 10.1. The molecule has 0 aromatic heterocycles. The van der Waals surface area contributed by atoms with Crippen molar-refractivity contribution in [2.45, 2.75) is 23.8 Å². The van der Waals surface area contributed by atoms with Crippen LogP contribution < -0.4 is 14.8 Å². The number of anilines is 1. The van der Waals surface area contributed by atoms with Gasteiger partial charge in [0, 0.05) is 24.3 Å². The molecule has 28 heavy (non-hydrogen) atoms. The molecule has 2 N–H and O–H groups in total. The van der Waals surface area contributed by atoms with E-state index in [1.54, 1.807) is 18.2 Å². The smallest absolute Gasteiger partial charge is 0.255 e.